The predicted octanol–water partition coefficient (Wildman–Crippen LogP) is -0.536. The minimum absolute atomic E-state index is 0.157. The number of nitrogens with zero attached hydrogens (tertiary/aromatic N) is 5. The first-order chi connectivity index (χ1) is 6.75. The maximum Gasteiger partial charge on any atom is 0.167 e. The highest BCUT2D eigenvalue weighted by molar-refractivity contribution is 4.94. The van der Waals surface area contributed by atoms with E-state index in [1.165, 1.54) is 6.33 Å². The molecule has 0 radical (unpaired) electrons. The van der Waals surface area contributed by atoms with Crippen molar-refractivity contribution < 1.29 is 0 Å². The molecule has 7 heteroatoms. The zero-order chi connectivity index (χ0) is 9.97. The lowest BCUT2D eigenvalue weighted by atomic mass is 10.3. The zero-order valence-electron chi connectivity index (χ0n) is 7.75. The minimum atomic E-state index is -0.157. The molecule has 0 saturated carbocycles. The Hall–Kier alpha value is -1.76. The van der Waals surface area contributed by atoms with E-state index in [1.54, 1.807) is 11.0 Å². The van der Waals surface area contributed by atoms with Crippen molar-refractivity contribution in [1.82, 2.24) is 29.9 Å². The molecule has 0 unspecified atom stereocenters. The second kappa shape index (κ2) is 3.54. The molecule has 0 saturated heterocycles. The molecule has 0 spiro atoms. The molecule has 0 aliphatic carbocycles. The van der Waals surface area contributed by atoms with Crippen LogP contribution in [0.25, 0.3) is 0 Å². The van der Waals surface area contributed by atoms with Gasteiger partial charge in [0.25, 0.3) is 0 Å². The second-order valence-electron chi connectivity index (χ2n) is 3.02. The van der Waals surface area contributed by atoms with Gasteiger partial charge in [0.2, 0.25) is 0 Å². The Labute approximate surface area is 80.4 Å². The van der Waals surface area contributed by atoms with Gasteiger partial charge in [0.1, 0.15) is 25.0 Å². The number of nitrogens with one attached hydrogen (secondary N) is 1. The van der Waals surface area contributed by atoms with Gasteiger partial charge < -0.3 is 5.73 Å². The number of rotatable bonds is 3. The fourth-order valence-corrected chi connectivity index (χ4v) is 1.05. The Balaban J connectivity index is 2.11. The number of hydrogen-bond donors (Lipinski definition) is 2. The van der Waals surface area contributed by atoms with Crippen LogP contribution in [0.4, 0.5) is 0 Å². The maximum atomic E-state index is 5.62. The second-order valence-corrected chi connectivity index (χ2v) is 3.02. The first-order valence-electron chi connectivity index (χ1n) is 4.25. The van der Waals surface area contributed by atoms with Crippen LogP contribution in [-0.2, 0) is 6.54 Å². The van der Waals surface area contributed by atoms with Crippen molar-refractivity contribution >= 4 is 0 Å². The van der Waals surface area contributed by atoms with Crippen LogP contribution < -0.4 is 5.73 Å². The van der Waals surface area contributed by atoms with Crippen LogP contribution in [-0.4, -0.2) is 29.9 Å². The molecule has 3 N–H and O–H groups in total. The Morgan fingerprint density at radius 3 is 3.07 bits per heavy atom. The molecule has 0 bridgehead atoms. The van der Waals surface area contributed by atoms with Crippen LogP contribution >= 0.6 is 0 Å². The number of nitrogens with two attached hydrogens (primary N) is 1. The van der Waals surface area contributed by atoms with Gasteiger partial charge in [-0.15, -0.1) is 0 Å². The van der Waals surface area contributed by atoms with Gasteiger partial charge in [0.15, 0.2) is 5.82 Å². The van der Waals surface area contributed by atoms with Crippen molar-refractivity contribution in [2.45, 2.75) is 19.5 Å². The summed E-state index contributed by atoms with van der Waals surface area (Å²) >= 11 is 0. The number of hydrogen-bond acceptors (Lipinski definition) is 5. The third kappa shape index (κ3) is 1.77. The Morgan fingerprint density at radius 2 is 2.50 bits per heavy atom. The van der Waals surface area contributed by atoms with Crippen LogP contribution in [0.5, 0.6) is 0 Å². The van der Waals surface area contributed by atoms with Crippen LogP contribution in [0.1, 0.15) is 24.6 Å². The fourth-order valence-electron chi connectivity index (χ4n) is 1.05. The van der Waals surface area contributed by atoms with Crippen molar-refractivity contribution in [1.29, 1.82) is 0 Å². The molecule has 0 amide bonds. The standard InChI is InChI=1S/C7H11N7/c1-5(8)7-11-6(12-13-7)2-14-4-9-3-10-14/h3-5H,2,8H2,1H3,(H,11,12,13)/t5-/m0/s1. The van der Waals surface area contributed by atoms with Gasteiger partial charge in [0.05, 0.1) is 6.04 Å². The summed E-state index contributed by atoms with van der Waals surface area (Å²) in [6, 6.07) is -0.157. The number of aromatic nitrogens is 6. The summed E-state index contributed by atoms with van der Waals surface area (Å²) in [7, 11) is 0. The number of aromatic amines is 1. The van der Waals surface area contributed by atoms with E-state index in [4.69, 9.17) is 5.73 Å². The largest absolute Gasteiger partial charge is 0.321 e. The van der Waals surface area contributed by atoms with Crippen molar-refractivity contribution in [3.63, 3.8) is 0 Å². The van der Waals surface area contributed by atoms with E-state index < -0.39 is 0 Å². The lowest BCUT2D eigenvalue weighted by Crippen LogP contribution is -2.07. The fraction of sp³-hybridized carbons (Fsp3) is 0.429. The first-order valence-corrected chi connectivity index (χ1v) is 4.25. The molecule has 7 nitrogen and oxygen atoms in total. The molecule has 2 heterocycles. The lowest BCUT2D eigenvalue weighted by molar-refractivity contribution is 0.654. The quantitative estimate of drug-likeness (QED) is 0.682. The van der Waals surface area contributed by atoms with Crippen LogP contribution in [0.3, 0.4) is 0 Å². The van der Waals surface area contributed by atoms with Crippen LogP contribution in [0, 0.1) is 0 Å². The smallest absolute Gasteiger partial charge is 0.167 e. The molecule has 14 heavy (non-hydrogen) atoms. The normalized spacial score (nSPS) is 13.0. The van der Waals surface area contributed by atoms with E-state index in [1.807, 2.05) is 6.92 Å². The first kappa shape index (κ1) is 8.82. The van der Waals surface area contributed by atoms with E-state index >= 15 is 0 Å². The number of H-pyrrole nitrogens is 1. The molecule has 0 aromatic carbocycles. The van der Waals surface area contributed by atoms with Crippen molar-refractivity contribution in [3.8, 4) is 0 Å². The summed E-state index contributed by atoms with van der Waals surface area (Å²) in [5, 5.41) is 10.7. The summed E-state index contributed by atoms with van der Waals surface area (Å²) in [6.45, 7) is 2.36. The molecule has 2 rings (SSSR count). The van der Waals surface area contributed by atoms with Gasteiger partial charge in [0, 0.05) is 0 Å². The molecule has 2 aromatic heterocycles. The SMILES string of the molecule is C[C@H](N)c1n[nH]c(Cn2cncn2)n1. The highest BCUT2D eigenvalue weighted by Gasteiger charge is 2.07. The third-order valence-electron chi connectivity index (χ3n) is 1.73. The molecule has 0 aliphatic heterocycles. The van der Waals surface area contributed by atoms with E-state index in [0.717, 1.165) is 5.82 Å². The summed E-state index contributed by atoms with van der Waals surface area (Å²) < 4.78 is 1.66. The average molecular weight is 193 g/mol. The maximum absolute atomic E-state index is 5.62. The molecule has 2 aromatic rings. The highest BCUT2D eigenvalue weighted by Crippen LogP contribution is 2.02. The van der Waals surface area contributed by atoms with Gasteiger partial charge >= 0.3 is 0 Å². The van der Waals surface area contributed by atoms with Crippen LogP contribution in [0.15, 0.2) is 12.7 Å². The molecule has 0 aliphatic rings. The van der Waals surface area contributed by atoms with Gasteiger partial charge in [-0.3, -0.25) is 5.10 Å². The Morgan fingerprint density at radius 1 is 1.64 bits per heavy atom. The van der Waals surface area contributed by atoms with Crippen molar-refractivity contribution in [2.24, 2.45) is 5.73 Å². The molecule has 1 atom stereocenters. The van der Waals surface area contributed by atoms with E-state index in [9.17, 15) is 0 Å². The summed E-state index contributed by atoms with van der Waals surface area (Å²) in [6.07, 6.45) is 3.09. The molecule has 74 valence electrons. The lowest BCUT2D eigenvalue weighted by Gasteiger charge is -1.95. The minimum Gasteiger partial charge on any atom is -0.321 e. The average Bonchev–Trinajstić information content (AvgIpc) is 2.75. The predicted molar refractivity (Wildman–Crippen MR) is 48.1 cm³/mol. The van der Waals surface area contributed by atoms with Crippen molar-refractivity contribution in [2.75, 3.05) is 0 Å². The van der Waals surface area contributed by atoms with Gasteiger partial charge in [-0.25, -0.2) is 14.6 Å². The molecule has 0 fully saturated rings. The van der Waals surface area contributed by atoms with Crippen molar-refractivity contribution in [3.05, 3.63) is 24.3 Å². The summed E-state index contributed by atoms with van der Waals surface area (Å²) in [4.78, 5) is 8.03. The topological polar surface area (TPSA) is 98.3 Å². The Kier molecular flexibility index (Phi) is 2.23. The zero-order valence-corrected chi connectivity index (χ0v) is 7.75. The van der Waals surface area contributed by atoms with Gasteiger partial charge in [-0.2, -0.15) is 10.2 Å². The Bertz CT molecular complexity index is 388. The molecular formula is C7H11N7. The van der Waals surface area contributed by atoms with E-state index in [0.29, 0.717) is 12.4 Å². The third-order valence-corrected chi connectivity index (χ3v) is 1.73. The summed E-state index contributed by atoms with van der Waals surface area (Å²) in [5.41, 5.74) is 5.62. The van der Waals surface area contributed by atoms with E-state index in [2.05, 4.69) is 25.3 Å². The van der Waals surface area contributed by atoms with Gasteiger partial charge in [-0.05, 0) is 6.92 Å². The highest BCUT2D eigenvalue weighted by atomic mass is 15.3. The molecular weight excluding hydrogens is 182 g/mol. The summed E-state index contributed by atoms with van der Waals surface area (Å²) in [5.74, 6) is 1.34. The van der Waals surface area contributed by atoms with Crippen LogP contribution in [0.2, 0.25) is 0 Å². The van der Waals surface area contributed by atoms with Gasteiger partial charge in [-0.1, -0.05) is 0 Å². The monoisotopic (exact) mass is 193 g/mol. The van der Waals surface area contributed by atoms with E-state index in [-0.39, 0.29) is 6.04 Å².